The summed E-state index contributed by atoms with van der Waals surface area (Å²) in [5.41, 5.74) is -0.0980. The van der Waals surface area contributed by atoms with Crippen molar-refractivity contribution in [3.8, 4) is 11.1 Å². The van der Waals surface area contributed by atoms with Crippen molar-refractivity contribution in [3.05, 3.63) is 83.0 Å². The molecule has 1 aromatic carbocycles. The van der Waals surface area contributed by atoms with Gasteiger partial charge in [0.25, 0.3) is 5.91 Å². The lowest BCUT2D eigenvalue weighted by atomic mass is 9.94. The van der Waals surface area contributed by atoms with Gasteiger partial charge < -0.3 is 9.88 Å². The van der Waals surface area contributed by atoms with Gasteiger partial charge in [0.2, 0.25) is 0 Å². The maximum Gasteiger partial charge on any atom is 0.417 e. The zero-order valence-electron chi connectivity index (χ0n) is 23.3. The molecule has 1 amide bonds. The monoisotopic (exact) mass is 588 g/mol. The molecule has 3 heterocycles. The molecule has 41 heavy (non-hydrogen) atoms. The van der Waals surface area contributed by atoms with Crippen molar-refractivity contribution < 1.29 is 26.4 Å². The van der Waals surface area contributed by atoms with E-state index in [-0.39, 0.29) is 40.6 Å². The maximum absolute atomic E-state index is 14.4. The highest BCUT2D eigenvalue weighted by molar-refractivity contribution is 7.91. The van der Waals surface area contributed by atoms with Gasteiger partial charge in [-0.05, 0) is 30.2 Å². The third kappa shape index (κ3) is 6.34. The molecule has 4 rings (SSSR count). The Hall–Kier alpha value is -4.00. The number of nitrogens with one attached hydrogen (secondary N) is 2. The molecule has 0 saturated carbocycles. The Bertz CT molecular complexity index is 1650. The zero-order chi connectivity index (χ0) is 30.2. The van der Waals surface area contributed by atoms with Crippen LogP contribution in [0.4, 0.5) is 13.2 Å². The van der Waals surface area contributed by atoms with Gasteiger partial charge in [-0.2, -0.15) is 18.3 Å². The lowest BCUT2D eigenvalue weighted by Crippen LogP contribution is -2.24. The van der Waals surface area contributed by atoms with Gasteiger partial charge in [0, 0.05) is 35.6 Å². The van der Waals surface area contributed by atoms with Crippen LogP contribution < -0.4 is 5.32 Å². The fourth-order valence-corrected chi connectivity index (χ4v) is 5.33. The summed E-state index contributed by atoms with van der Waals surface area (Å²) in [6.45, 7) is 8.64. The molecule has 13 heteroatoms. The number of halogens is 3. The molecule has 0 atom stereocenters. The number of sulfone groups is 1. The second-order valence-electron chi connectivity index (χ2n) is 10.6. The van der Waals surface area contributed by atoms with Crippen LogP contribution in [0.15, 0.2) is 53.8 Å². The minimum absolute atomic E-state index is 0.00190. The van der Waals surface area contributed by atoms with Crippen LogP contribution in [0.1, 0.15) is 66.5 Å². The summed E-state index contributed by atoms with van der Waals surface area (Å²) >= 11 is 0. The number of hydrogen-bond donors (Lipinski definition) is 2. The van der Waals surface area contributed by atoms with Crippen molar-refractivity contribution in [2.75, 3.05) is 5.75 Å². The van der Waals surface area contributed by atoms with E-state index in [0.717, 1.165) is 0 Å². The fraction of sp³-hybridized carbons (Fsp3) is 0.357. The Kier molecular flexibility index (Phi) is 8.12. The second-order valence-corrected chi connectivity index (χ2v) is 12.9. The van der Waals surface area contributed by atoms with E-state index < -0.39 is 32.9 Å². The summed E-state index contributed by atoms with van der Waals surface area (Å²) in [4.78, 5) is 22.0. The van der Waals surface area contributed by atoms with Crippen molar-refractivity contribution in [3.63, 3.8) is 0 Å². The molecule has 2 N–H and O–H groups in total. The molecule has 9 nitrogen and oxygen atoms in total. The van der Waals surface area contributed by atoms with Crippen LogP contribution in [0, 0.1) is 6.92 Å². The van der Waals surface area contributed by atoms with Gasteiger partial charge >= 0.3 is 6.18 Å². The van der Waals surface area contributed by atoms with E-state index in [1.165, 1.54) is 49.8 Å². The van der Waals surface area contributed by atoms with Crippen LogP contribution in [0.25, 0.3) is 11.1 Å². The molecule has 0 aliphatic heterocycles. The first-order valence-electron chi connectivity index (χ1n) is 12.8. The first-order valence-corrected chi connectivity index (χ1v) is 14.5. The lowest BCUT2D eigenvalue weighted by molar-refractivity contribution is -0.137. The number of amides is 1. The van der Waals surface area contributed by atoms with Gasteiger partial charge in [-0.3, -0.25) is 14.9 Å². The molecule has 0 radical (unpaired) electrons. The maximum atomic E-state index is 14.4. The summed E-state index contributed by atoms with van der Waals surface area (Å²) < 4.78 is 68.8. The van der Waals surface area contributed by atoms with Gasteiger partial charge in [0.15, 0.2) is 9.84 Å². The molecule has 3 aromatic heterocycles. The summed E-state index contributed by atoms with van der Waals surface area (Å²) in [6, 6.07) is 7.33. The predicted octanol–water partition coefficient (Wildman–Crippen LogP) is 5.06. The molecule has 0 aliphatic carbocycles. The highest BCUT2D eigenvalue weighted by Gasteiger charge is 2.37. The highest BCUT2D eigenvalue weighted by Crippen LogP contribution is 2.40. The first kappa shape index (κ1) is 30.0. The van der Waals surface area contributed by atoms with Gasteiger partial charge in [0.1, 0.15) is 11.5 Å². The van der Waals surface area contributed by atoms with E-state index >= 15 is 0 Å². The minimum atomic E-state index is -4.64. The molecule has 218 valence electrons. The van der Waals surface area contributed by atoms with E-state index in [1.807, 2.05) is 20.8 Å². The van der Waals surface area contributed by atoms with Crippen molar-refractivity contribution in [2.45, 2.75) is 64.2 Å². The van der Waals surface area contributed by atoms with E-state index in [2.05, 4.69) is 25.5 Å². The summed E-state index contributed by atoms with van der Waals surface area (Å²) in [6.07, 6.45) is -0.650. The number of rotatable bonds is 8. The van der Waals surface area contributed by atoms with Crippen molar-refractivity contribution in [1.29, 1.82) is 0 Å². The molecule has 0 spiro atoms. The van der Waals surface area contributed by atoms with E-state index in [4.69, 9.17) is 0 Å². The van der Waals surface area contributed by atoms with Crippen molar-refractivity contribution in [1.82, 2.24) is 30.0 Å². The average Bonchev–Trinajstić information content (AvgIpc) is 3.55. The Morgan fingerprint density at radius 1 is 1.10 bits per heavy atom. The standard InChI is InChI=1S/C28H31F3N6O3S/c1-6-41(39,40)21-11-10-20(32-15-21)14-33-25(38)24-17(2)37(26(36-24)27(3,4)5)16-18-8-7-9-22(19-12-34-35-13-19)23(18)28(29,30)31/h7-13,15H,6,14,16H2,1-5H3,(H,33,38)(H,34,35). The van der Waals surface area contributed by atoms with Crippen LogP contribution >= 0.6 is 0 Å². The van der Waals surface area contributed by atoms with Gasteiger partial charge in [0.05, 0.1) is 34.6 Å². The summed E-state index contributed by atoms with van der Waals surface area (Å²) in [5, 5.41) is 9.08. The molecular formula is C28H31F3N6O3S. The smallest absolute Gasteiger partial charge is 0.345 e. The van der Waals surface area contributed by atoms with Crippen LogP contribution in [-0.2, 0) is 34.5 Å². The Morgan fingerprint density at radius 2 is 1.83 bits per heavy atom. The number of aromatic amines is 1. The number of carbonyl (C=O) groups is 1. The molecule has 0 bridgehead atoms. The number of pyridine rings is 1. The van der Waals surface area contributed by atoms with Crippen LogP contribution in [0.3, 0.4) is 0 Å². The summed E-state index contributed by atoms with van der Waals surface area (Å²) in [7, 11) is -3.40. The fourth-order valence-electron chi connectivity index (χ4n) is 4.51. The molecule has 4 aromatic rings. The predicted molar refractivity (Wildman–Crippen MR) is 147 cm³/mol. The van der Waals surface area contributed by atoms with Gasteiger partial charge in [-0.25, -0.2) is 13.4 Å². The highest BCUT2D eigenvalue weighted by atomic mass is 32.2. The Morgan fingerprint density at radius 3 is 2.39 bits per heavy atom. The molecule has 0 aliphatic rings. The van der Waals surface area contributed by atoms with Crippen molar-refractivity contribution >= 4 is 15.7 Å². The van der Waals surface area contributed by atoms with E-state index in [1.54, 1.807) is 17.6 Å². The quantitative estimate of drug-likeness (QED) is 0.297. The topological polar surface area (TPSA) is 123 Å². The number of hydrogen-bond acceptors (Lipinski definition) is 6. The molecule has 0 fully saturated rings. The SMILES string of the molecule is CCS(=O)(=O)c1ccc(CNC(=O)c2nc(C(C)(C)C)n(Cc3cccc(-c4cn[nH]c4)c3C(F)(F)F)c2C)nc1. The van der Waals surface area contributed by atoms with Crippen LogP contribution in [0.5, 0.6) is 0 Å². The van der Waals surface area contributed by atoms with Crippen LogP contribution in [0.2, 0.25) is 0 Å². The number of aromatic nitrogens is 5. The second kappa shape index (κ2) is 11.1. The number of H-pyrrole nitrogens is 1. The summed E-state index contributed by atoms with van der Waals surface area (Å²) in [5.74, 6) is -0.128. The number of carbonyl (C=O) groups excluding carboxylic acids is 1. The van der Waals surface area contributed by atoms with E-state index in [0.29, 0.717) is 22.8 Å². The number of alkyl halides is 3. The molecule has 0 unspecified atom stereocenters. The number of benzene rings is 1. The van der Waals surface area contributed by atoms with Crippen molar-refractivity contribution in [2.24, 2.45) is 0 Å². The van der Waals surface area contributed by atoms with E-state index in [9.17, 15) is 26.4 Å². The number of nitrogens with zero attached hydrogens (tertiary/aromatic N) is 4. The average molecular weight is 589 g/mol. The van der Waals surface area contributed by atoms with Gasteiger partial charge in [-0.15, -0.1) is 0 Å². The Labute approximate surface area is 236 Å². The normalized spacial score (nSPS) is 12.5. The molecule has 0 saturated heterocycles. The minimum Gasteiger partial charge on any atom is -0.345 e. The Balaban J connectivity index is 1.67. The first-order chi connectivity index (χ1) is 19.1. The largest absolute Gasteiger partial charge is 0.417 e. The zero-order valence-corrected chi connectivity index (χ0v) is 24.1. The third-order valence-electron chi connectivity index (χ3n) is 6.65. The molecular weight excluding hydrogens is 557 g/mol. The van der Waals surface area contributed by atoms with Crippen LogP contribution in [-0.4, -0.2) is 44.8 Å². The third-order valence-corrected chi connectivity index (χ3v) is 8.37. The van der Waals surface area contributed by atoms with Gasteiger partial charge in [-0.1, -0.05) is 45.9 Å². The lowest BCUT2D eigenvalue weighted by Gasteiger charge is -2.23. The number of imidazole rings is 1.